The number of fused-ring (bicyclic) bond motifs is 1. The van der Waals surface area contributed by atoms with E-state index in [2.05, 4.69) is 54.3 Å². The summed E-state index contributed by atoms with van der Waals surface area (Å²) in [4.78, 5) is 20.8. The van der Waals surface area contributed by atoms with Gasteiger partial charge in [-0.05, 0) is 81.9 Å². The highest BCUT2D eigenvalue weighted by Crippen LogP contribution is 2.37. The fourth-order valence-electron chi connectivity index (χ4n) is 5.46. The summed E-state index contributed by atoms with van der Waals surface area (Å²) in [6.07, 6.45) is 4.66. The second-order valence-electron chi connectivity index (χ2n) is 12.0. The first-order chi connectivity index (χ1) is 18.3. The molecule has 0 N–H and O–H groups in total. The van der Waals surface area contributed by atoms with E-state index in [-0.39, 0.29) is 11.7 Å². The third kappa shape index (κ3) is 4.92. The maximum Gasteiger partial charge on any atom is 0.495 e. The van der Waals surface area contributed by atoms with Crippen molar-refractivity contribution in [3.05, 3.63) is 64.7 Å². The molecule has 1 amide bonds. The normalized spacial score (nSPS) is 19.0. The molecule has 1 fully saturated rings. The fourth-order valence-corrected chi connectivity index (χ4v) is 5.46. The zero-order valence-electron chi connectivity index (χ0n) is 24.3. The Morgan fingerprint density at radius 3 is 2.44 bits per heavy atom. The van der Waals surface area contributed by atoms with Gasteiger partial charge in [-0.15, -0.1) is 0 Å². The largest absolute Gasteiger partial charge is 0.495 e. The predicted octanol–water partition coefficient (Wildman–Crippen LogP) is 4.31. The average molecular weight is 532 g/mol. The summed E-state index contributed by atoms with van der Waals surface area (Å²) in [5, 5.41) is 1.03. The van der Waals surface area contributed by atoms with Crippen molar-refractivity contribution >= 4 is 35.1 Å². The van der Waals surface area contributed by atoms with E-state index in [9.17, 15) is 4.79 Å². The van der Waals surface area contributed by atoms with Gasteiger partial charge in [-0.2, -0.15) is 0 Å². The van der Waals surface area contributed by atoms with Crippen LogP contribution < -0.4 is 5.46 Å². The van der Waals surface area contributed by atoms with Gasteiger partial charge in [0, 0.05) is 69.2 Å². The molecule has 0 saturated carbocycles. The van der Waals surface area contributed by atoms with Gasteiger partial charge >= 0.3 is 7.12 Å². The Kier molecular flexibility index (Phi) is 6.98. The van der Waals surface area contributed by atoms with Crippen molar-refractivity contribution in [3.8, 4) is 0 Å². The van der Waals surface area contributed by atoms with Gasteiger partial charge in [0.25, 0.3) is 5.91 Å². The topological polar surface area (TPSA) is 59.8 Å². The van der Waals surface area contributed by atoms with Crippen LogP contribution in [-0.2, 0) is 22.9 Å². The van der Waals surface area contributed by atoms with Crippen molar-refractivity contribution in [2.24, 2.45) is 7.05 Å². The number of carbonyl (C=O) groups excluding carboxylic acids is 1. The number of benzene rings is 1. The van der Waals surface area contributed by atoms with Gasteiger partial charge in [0.05, 0.1) is 11.2 Å². The number of hydrogen-bond donors (Lipinski definition) is 0. The van der Waals surface area contributed by atoms with E-state index in [1.54, 1.807) is 20.2 Å². The SMILES string of the molecule is Cc1cc(C(=O)N(C)C)cc(F)c1C1=CCN(Cc2cc3c(B4OC(C)(C)C(C)(C)O4)ccnc3n2C)CC1. The zero-order valence-corrected chi connectivity index (χ0v) is 24.3. The number of aromatic nitrogens is 2. The van der Waals surface area contributed by atoms with Crippen LogP contribution in [0.15, 0.2) is 36.5 Å². The number of amides is 1. The lowest BCUT2D eigenvalue weighted by molar-refractivity contribution is 0.00578. The van der Waals surface area contributed by atoms with Crippen LogP contribution in [0.4, 0.5) is 4.39 Å². The van der Waals surface area contributed by atoms with E-state index in [1.165, 1.54) is 11.0 Å². The summed E-state index contributed by atoms with van der Waals surface area (Å²) >= 11 is 0. The van der Waals surface area contributed by atoms with Crippen molar-refractivity contribution in [2.45, 2.75) is 58.8 Å². The lowest BCUT2D eigenvalue weighted by Crippen LogP contribution is -2.41. The average Bonchev–Trinajstić information content (AvgIpc) is 3.29. The molecule has 0 radical (unpaired) electrons. The summed E-state index contributed by atoms with van der Waals surface area (Å²) in [5.41, 5.74) is 4.98. The van der Waals surface area contributed by atoms with Crippen LogP contribution in [0.5, 0.6) is 0 Å². The van der Waals surface area contributed by atoms with Crippen molar-refractivity contribution in [3.63, 3.8) is 0 Å². The molecule has 2 aliphatic heterocycles. The van der Waals surface area contributed by atoms with Gasteiger partial charge < -0.3 is 18.8 Å². The van der Waals surface area contributed by atoms with Crippen LogP contribution in [0, 0.1) is 12.7 Å². The number of pyridine rings is 1. The highest BCUT2D eigenvalue weighted by molar-refractivity contribution is 6.65. The van der Waals surface area contributed by atoms with Crippen LogP contribution in [-0.4, -0.2) is 70.8 Å². The minimum Gasteiger partial charge on any atom is -0.399 e. The van der Waals surface area contributed by atoms with Crippen molar-refractivity contribution < 1.29 is 18.5 Å². The predicted molar refractivity (Wildman–Crippen MR) is 153 cm³/mol. The Labute approximate surface area is 230 Å². The van der Waals surface area contributed by atoms with E-state index in [0.29, 0.717) is 17.7 Å². The maximum atomic E-state index is 15.1. The van der Waals surface area contributed by atoms with E-state index in [0.717, 1.165) is 52.8 Å². The number of hydrogen-bond acceptors (Lipinski definition) is 5. The summed E-state index contributed by atoms with van der Waals surface area (Å²) < 4.78 is 29.9. The molecular weight excluding hydrogens is 494 g/mol. The minimum absolute atomic E-state index is 0.196. The fraction of sp³-hybridized carbons (Fsp3) is 0.467. The van der Waals surface area contributed by atoms with Gasteiger partial charge in [0.1, 0.15) is 11.5 Å². The van der Waals surface area contributed by atoms with Gasteiger partial charge in [0.2, 0.25) is 0 Å². The molecule has 0 unspecified atom stereocenters. The molecule has 206 valence electrons. The molecule has 39 heavy (non-hydrogen) atoms. The molecule has 9 heteroatoms. The lowest BCUT2D eigenvalue weighted by Gasteiger charge is -2.32. The van der Waals surface area contributed by atoms with E-state index in [1.807, 2.05) is 26.2 Å². The third-order valence-electron chi connectivity index (χ3n) is 8.51. The quantitative estimate of drug-likeness (QED) is 0.459. The van der Waals surface area contributed by atoms with Crippen molar-refractivity contribution in [1.82, 2.24) is 19.4 Å². The van der Waals surface area contributed by atoms with Crippen molar-refractivity contribution in [1.29, 1.82) is 0 Å². The second-order valence-corrected chi connectivity index (χ2v) is 12.0. The number of aryl methyl sites for hydroxylation is 2. The van der Waals surface area contributed by atoms with E-state index < -0.39 is 18.3 Å². The van der Waals surface area contributed by atoms with Gasteiger partial charge in [0.15, 0.2) is 0 Å². The van der Waals surface area contributed by atoms with Crippen LogP contribution in [0.25, 0.3) is 16.6 Å². The van der Waals surface area contributed by atoms with Gasteiger partial charge in [-0.1, -0.05) is 6.08 Å². The Balaban J connectivity index is 1.35. The highest BCUT2D eigenvalue weighted by Gasteiger charge is 2.52. The molecule has 0 atom stereocenters. The summed E-state index contributed by atoms with van der Waals surface area (Å²) in [5.74, 6) is -0.534. The number of nitrogens with zero attached hydrogens (tertiary/aromatic N) is 4. The monoisotopic (exact) mass is 532 g/mol. The number of carbonyl (C=O) groups is 1. The van der Waals surface area contributed by atoms with Crippen LogP contribution >= 0.6 is 0 Å². The Morgan fingerprint density at radius 2 is 1.85 bits per heavy atom. The lowest BCUT2D eigenvalue weighted by atomic mass is 9.78. The molecule has 3 aromatic rings. The van der Waals surface area contributed by atoms with Gasteiger partial charge in [-0.25, -0.2) is 9.37 Å². The standard InChI is InChI=1S/C30H38BFN4O3/c1-19-15-21(28(37)34(6)7)16-25(32)26(19)20-10-13-36(14-11-20)18-22-17-23-24(9-12-33-27(23)35(22)8)31-38-29(2,3)30(4,5)39-31/h9-10,12,15-17H,11,13-14,18H2,1-8H3. The molecule has 4 heterocycles. The zero-order chi connectivity index (χ0) is 28.3. The molecule has 2 aliphatic rings. The number of halogens is 1. The molecule has 1 aromatic carbocycles. The first kappa shape index (κ1) is 27.6. The summed E-state index contributed by atoms with van der Waals surface area (Å²) in [7, 11) is 4.94. The van der Waals surface area contributed by atoms with E-state index in [4.69, 9.17) is 9.31 Å². The van der Waals surface area contributed by atoms with E-state index >= 15 is 4.39 Å². The summed E-state index contributed by atoms with van der Waals surface area (Å²) in [6, 6.07) is 7.32. The second kappa shape index (κ2) is 9.88. The van der Waals surface area contributed by atoms with Crippen molar-refractivity contribution in [2.75, 3.05) is 27.2 Å². The minimum atomic E-state index is -0.450. The molecule has 2 aromatic heterocycles. The molecular formula is C30H38BFN4O3. The first-order valence-corrected chi connectivity index (χ1v) is 13.5. The Morgan fingerprint density at radius 1 is 1.15 bits per heavy atom. The molecule has 0 aliphatic carbocycles. The first-order valence-electron chi connectivity index (χ1n) is 13.5. The van der Waals surface area contributed by atoms with Crippen LogP contribution in [0.3, 0.4) is 0 Å². The van der Waals surface area contributed by atoms with Gasteiger partial charge in [-0.3, -0.25) is 9.69 Å². The summed E-state index contributed by atoms with van der Waals surface area (Å²) in [6.45, 7) is 12.4. The van der Waals surface area contributed by atoms with Crippen LogP contribution in [0.2, 0.25) is 0 Å². The molecule has 0 spiro atoms. The smallest absolute Gasteiger partial charge is 0.399 e. The molecule has 0 bridgehead atoms. The Bertz CT molecular complexity index is 1440. The highest BCUT2D eigenvalue weighted by atomic mass is 19.1. The third-order valence-corrected chi connectivity index (χ3v) is 8.51. The molecule has 5 rings (SSSR count). The Hall–Kier alpha value is -3.01. The number of rotatable bonds is 5. The molecule has 1 saturated heterocycles. The molecule has 7 nitrogen and oxygen atoms in total. The maximum absolute atomic E-state index is 15.1. The van der Waals surface area contributed by atoms with Crippen LogP contribution in [0.1, 0.15) is 61.3 Å².